The van der Waals surface area contributed by atoms with Crippen molar-refractivity contribution in [2.75, 3.05) is 0 Å². The summed E-state index contributed by atoms with van der Waals surface area (Å²) < 4.78 is 0. The van der Waals surface area contributed by atoms with Gasteiger partial charge in [-0.1, -0.05) is 30.7 Å². The number of aliphatic hydroxyl groups is 1. The Labute approximate surface area is 83.3 Å². The van der Waals surface area contributed by atoms with Crippen molar-refractivity contribution in [2.45, 2.75) is 25.4 Å². The van der Waals surface area contributed by atoms with E-state index in [0.717, 1.165) is 11.4 Å². The molecule has 3 unspecified atom stereocenters. The molecular formula is C11H13ClO. The molecule has 1 aliphatic carbocycles. The summed E-state index contributed by atoms with van der Waals surface area (Å²) in [6.45, 7) is 2.09. The predicted molar refractivity (Wildman–Crippen MR) is 54.0 cm³/mol. The van der Waals surface area contributed by atoms with Crippen molar-refractivity contribution < 1.29 is 5.11 Å². The van der Waals surface area contributed by atoms with Crippen molar-refractivity contribution in [1.29, 1.82) is 0 Å². The molecule has 2 rings (SSSR count). The van der Waals surface area contributed by atoms with E-state index in [2.05, 4.69) is 19.1 Å². The Bertz CT molecular complexity index is 293. The molecule has 2 heteroatoms. The molecule has 1 N–H and O–H groups in total. The molecule has 3 atom stereocenters. The van der Waals surface area contributed by atoms with Crippen molar-refractivity contribution in [3.63, 3.8) is 0 Å². The Kier molecular flexibility index (Phi) is 2.31. The molecule has 1 aromatic carbocycles. The van der Waals surface area contributed by atoms with Crippen LogP contribution in [0.5, 0.6) is 0 Å². The molecule has 0 aromatic heterocycles. The van der Waals surface area contributed by atoms with Crippen LogP contribution in [-0.2, 0) is 0 Å². The van der Waals surface area contributed by atoms with Crippen molar-refractivity contribution >= 4 is 11.6 Å². The van der Waals surface area contributed by atoms with Gasteiger partial charge >= 0.3 is 0 Å². The zero-order valence-corrected chi connectivity index (χ0v) is 8.33. The number of aliphatic hydroxyl groups excluding tert-OH is 1. The molecule has 0 spiro atoms. The van der Waals surface area contributed by atoms with Gasteiger partial charge in [0.2, 0.25) is 0 Å². The minimum atomic E-state index is -0.110. The van der Waals surface area contributed by atoms with E-state index in [0.29, 0.717) is 11.8 Å². The van der Waals surface area contributed by atoms with Crippen LogP contribution >= 0.6 is 11.6 Å². The minimum Gasteiger partial charge on any atom is -0.393 e. The fourth-order valence-corrected chi connectivity index (χ4v) is 2.04. The maximum Gasteiger partial charge on any atom is 0.0577 e. The molecule has 0 bridgehead atoms. The molecule has 0 saturated heterocycles. The lowest BCUT2D eigenvalue weighted by Gasteiger charge is -2.39. The molecule has 1 aliphatic rings. The van der Waals surface area contributed by atoms with Gasteiger partial charge < -0.3 is 5.11 Å². The van der Waals surface area contributed by atoms with Crippen LogP contribution in [-0.4, -0.2) is 11.2 Å². The van der Waals surface area contributed by atoms with Crippen molar-refractivity contribution in [2.24, 2.45) is 5.92 Å². The first kappa shape index (κ1) is 9.04. The van der Waals surface area contributed by atoms with E-state index < -0.39 is 0 Å². The molecule has 1 fully saturated rings. The lowest BCUT2D eigenvalue weighted by Crippen LogP contribution is -2.37. The maximum atomic E-state index is 9.38. The largest absolute Gasteiger partial charge is 0.393 e. The lowest BCUT2D eigenvalue weighted by molar-refractivity contribution is 0.0117. The summed E-state index contributed by atoms with van der Waals surface area (Å²) in [6, 6.07) is 7.92. The molecule has 1 aromatic rings. The van der Waals surface area contributed by atoms with Gasteiger partial charge in [-0.3, -0.25) is 0 Å². The van der Waals surface area contributed by atoms with E-state index in [1.54, 1.807) is 0 Å². The molecule has 1 nitrogen and oxygen atoms in total. The SMILES string of the molecule is CC1C(O)CC1c1ccc(Cl)cc1. The second kappa shape index (κ2) is 3.32. The average molecular weight is 197 g/mol. The van der Waals surface area contributed by atoms with Gasteiger partial charge in [0.15, 0.2) is 0 Å². The number of rotatable bonds is 1. The van der Waals surface area contributed by atoms with Crippen molar-refractivity contribution in [3.05, 3.63) is 34.9 Å². The van der Waals surface area contributed by atoms with Gasteiger partial charge in [-0.15, -0.1) is 0 Å². The van der Waals surface area contributed by atoms with E-state index in [4.69, 9.17) is 11.6 Å². The molecular weight excluding hydrogens is 184 g/mol. The van der Waals surface area contributed by atoms with Crippen LogP contribution in [0.2, 0.25) is 5.02 Å². The van der Waals surface area contributed by atoms with Gasteiger partial charge in [-0.05, 0) is 36.0 Å². The molecule has 0 heterocycles. The normalized spacial score (nSPS) is 32.7. The summed E-state index contributed by atoms with van der Waals surface area (Å²) in [5.74, 6) is 0.911. The van der Waals surface area contributed by atoms with Crippen molar-refractivity contribution in [1.82, 2.24) is 0 Å². The van der Waals surface area contributed by atoms with Crippen LogP contribution in [0.25, 0.3) is 0 Å². The van der Waals surface area contributed by atoms with E-state index >= 15 is 0 Å². The number of hydrogen-bond donors (Lipinski definition) is 1. The summed E-state index contributed by atoms with van der Waals surface area (Å²) in [6.07, 6.45) is 0.781. The van der Waals surface area contributed by atoms with Crippen LogP contribution in [0.4, 0.5) is 0 Å². The molecule has 1 saturated carbocycles. The second-order valence-electron chi connectivity index (χ2n) is 3.82. The van der Waals surface area contributed by atoms with Crippen LogP contribution < -0.4 is 0 Å². The molecule has 0 aliphatic heterocycles. The highest BCUT2D eigenvalue weighted by atomic mass is 35.5. The molecule has 70 valence electrons. The zero-order valence-electron chi connectivity index (χ0n) is 7.57. The average Bonchev–Trinajstić information content (AvgIpc) is 2.15. The Hall–Kier alpha value is -0.530. The number of hydrogen-bond acceptors (Lipinski definition) is 1. The smallest absolute Gasteiger partial charge is 0.0577 e. The number of benzene rings is 1. The highest BCUT2D eigenvalue weighted by Gasteiger charge is 2.36. The topological polar surface area (TPSA) is 20.2 Å². The lowest BCUT2D eigenvalue weighted by atomic mass is 9.69. The number of halogens is 1. The molecule has 0 amide bonds. The van der Waals surface area contributed by atoms with Crippen molar-refractivity contribution in [3.8, 4) is 0 Å². The van der Waals surface area contributed by atoms with E-state index in [1.807, 2.05) is 12.1 Å². The first-order chi connectivity index (χ1) is 6.18. The Balaban J connectivity index is 2.14. The summed E-state index contributed by atoms with van der Waals surface area (Å²) >= 11 is 5.79. The summed E-state index contributed by atoms with van der Waals surface area (Å²) in [7, 11) is 0. The van der Waals surface area contributed by atoms with Gasteiger partial charge in [0.25, 0.3) is 0 Å². The first-order valence-electron chi connectivity index (χ1n) is 4.62. The monoisotopic (exact) mass is 196 g/mol. The summed E-state index contributed by atoms with van der Waals surface area (Å²) in [5, 5.41) is 10.2. The van der Waals surface area contributed by atoms with Crippen LogP contribution in [0.15, 0.2) is 24.3 Å². The quantitative estimate of drug-likeness (QED) is 0.733. The Morgan fingerprint density at radius 3 is 2.38 bits per heavy atom. The molecule has 0 radical (unpaired) electrons. The van der Waals surface area contributed by atoms with E-state index in [-0.39, 0.29) is 6.10 Å². The fourth-order valence-electron chi connectivity index (χ4n) is 1.91. The highest BCUT2D eigenvalue weighted by Crippen LogP contribution is 2.42. The summed E-state index contributed by atoms with van der Waals surface area (Å²) in [4.78, 5) is 0. The fraction of sp³-hybridized carbons (Fsp3) is 0.455. The third kappa shape index (κ3) is 1.59. The predicted octanol–water partition coefficient (Wildman–Crippen LogP) is 2.82. The van der Waals surface area contributed by atoms with Gasteiger partial charge in [-0.2, -0.15) is 0 Å². The third-order valence-electron chi connectivity index (χ3n) is 3.04. The standard InChI is InChI=1S/C11H13ClO/c1-7-10(6-11(7)13)8-2-4-9(12)5-3-8/h2-5,7,10-11,13H,6H2,1H3. The van der Waals surface area contributed by atoms with Crippen LogP contribution in [0.1, 0.15) is 24.8 Å². The summed E-state index contributed by atoms with van der Waals surface area (Å²) in [5.41, 5.74) is 1.29. The third-order valence-corrected chi connectivity index (χ3v) is 3.29. The van der Waals surface area contributed by atoms with Gasteiger partial charge in [-0.25, -0.2) is 0 Å². The van der Waals surface area contributed by atoms with E-state index in [1.165, 1.54) is 5.56 Å². The molecule has 13 heavy (non-hydrogen) atoms. The maximum absolute atomic E-state index is 9.38. The zero-order chi connectivity index (χ0) is 9.42. The van der Waals surface area contributed by atoms with Gasteiger partial charge in [0.1, 0.15) is 0 Å². The van der Waals surface area contributed by atoms with Crippen LogP contribution in [0.3, 0.4) is 0 Å². The second-order valence-corrected chi connectivity index (χ2v) is 4.26. The Morgan fingerprint density at radius 1 is 1.31 bits per heavy atom. The first-order valence-corrected chi connectivity index (χ1v) is 5.00. The van der Waals surface area contributed by atoms with E-state index in [9.17, 15) is 5.11 Å². The van der Waals surface area contributed by atoms with Gasteiger partial charge in [0.05, 0.1) is 6.10 Å². The van der Waals surface area contributed by atoms with Gasteiger partial charge in [0, 0.05) is 5.02 Å². The highest BCUT2D eigenvalue weighted by molar-refractivity contribution is 6.30. The van der Waals surface area contributed by atoms with Crippen LogP contribution in [0, 0.1) is 5.92 Å². The minimum absolute atomic E-state index is 0.110. The Morgan fingerprint density at radius 2 is 1.92 bits per heavy atom.